The second-order valence-corrected chi connectivity index (χ2v) is 5.78. The van der Waals surface area contributed by atoms with Crippen molar-refractivity contribution in [3.63, 3.8) is 0 Å². The van der Waals surface area contributed by atoms with Crippen molar-refractivity contribution in [3.05, 3.63) is 65.5 Å². The fraction of sp³-hybridized carbons (Fsp3) is 0.350. The number of methoxy groups -OCH3 is 1. The first-order valence-corrected chi connectivity index (χ1v) is 8.31. The summed E-state index contributed by atoms with van der Waals surface area (Å²) in [4.78, 5) is 11.8. The molecule has 0 atom stereocenters. The van der Waals surface area contributed by atoms with Crippen molar-refractivity contribution in [3.8, 4) is 5.75 Å². The number of halogens is 1. The Kier molecular flexibility index (Phi) is 7.27. The number of carbonyl (C=O) groups is 1. The molecule has 3 nitrogen and oxygen atoms in total. The topological polar surface area (TPSA) is 38.3 Å². The van der Waals surface area contributed by atoms with Crippen LogP contribution in [0.5, 0.6) is 5.75 Å². The Morgan fingerprint density at radius 2 is 1.58 bits per heavy atom. The number of unbranched alkanes of at least 4 members (excludes halogenated alkanes) is 1. The molecule has 0 saturated heterocycles. The van der Waals surface area contributed by atoms with E-state index in [1.807, 2.05) is 36.4 Å². The molecule has 0 bridgehead atoms. The third kappa shape index (κ3) is 6.41. The zero-order chi connectivity index (χ0) is 17.2. The molecule has 2 aromatic carbocycles. The summed E-state index contributed by atoms with van der Waals surface area (Å²) >= 11 is 0. The van der Waals surface area contributed by atoms with Crippen LogP contribution < -0.4 is 10.1 Å². The number of nitrogens with one attached hydrogen (secondary N) is 1. The van der Waals surface area contributed by atoms with Gasteiger partial charge in [-0.15, -0.1) is 0 Å². The van der Waals surface area contributed by atoms with Crippen molar-refractivity contribution in [1.82, 2.24) is 5.32 Å². The maximum Gasteiger partial charge on any atom is 0.220 e. The molecule has 0 spiro atoms. The summed E-state index contributed by atoms with van der Waals surface area (Å²) in [5.74, 6) is 0.694. The zero-order valence-corrected chi connectivity index (χ0v) is 14.1. The van der Waals surface area contributed by atoms with E-state index in [2.05, 4.69) is 5.32 Å². The molecule has 0 saturated carbocycles. The van der Waals surface area contributed by atoms with Gasteiger partial charge in [-0.3, -0.25) is 4.79 Å². The third-order valence-electron chi connectivity index (χ3n) is 3.93. The minimum absolute atomic E-state index is 0.0765. The number of ether oxygens (including phenoxy) is 1. The zero-order valence-electron chi connectivity index (χ0n) is 14.1. The molecular weight excluding hydrogens is 305 g/mol. The van der Waals surface area contributed by atoms with E-state index in [9.17, 15) is 9.18 Å². The molecule has 0 aliphatic heterocycles. The maximum atomic E-state index is 12.8. The Balaban J connectivity index is 1.56. The lowest BCUT2D eigenvalue weighted by molar-refractivity contribution is -0.121. The smallest absolute Gasteiger partial charge is 0.220 e. The molecule has 2 aromatic rings. The van der Waals surface area contributed by atoms with Gasteiger partial charge in [0.25, 0.3) is 0 Å². The van der Waals surface area contributed by atoms with Gasteiger partial charge < -0.3 is 10.1 Å². The van der Waals surface area contributed by atoms with E-state index in [1.54, 1.807) is 7.11 Å². The second-order valence-electron chi connectivity index (χ2n) is 5.78. The van der Waals surface area contributed by atoms with Gasteiger partial charge in [0.1, 0.15) is 11.6 Å². The summed E-state index contributed by atoms with van der Waals surface area (Å²) in [5, 5.41) is 2.95. The van der Waals surface area contributed by atoms with Gasteiger partial charge in [0, 0.05) is 13.0 Å². The first-order valence-electron chi connectivity index (χ1n) is 8.31. The number of hydrogen-bond donors (Lipinski definition) is 1. The molecule has 1 N–H and O–H groups in total. The molecule has 0 aliphatic carbocycles. The molecule has 1 amide bonds. The monoisotopic (exact) mass is 329 g/mol. The SMILES string of the molecule is COc1ccc(CCC(=O)NCCCCc2ccc(F)cc2)cc1. The van der Waals surface area contributed by atoms with Crippen LogP contribution in [-0.4, -0.2) is 19.6 Å². The largest absolute Gasteiger partial charge is 0.497 e. The molecule has 24 heavy (non-hydrogen) atoms. The minimum atomic E-state index is -0.206. The molecule has 0 aliphatic rings. The summed E-state index contributed by atoms with van der Waals surface area (Å²) < 4.78 is 17.9. The lowest BCUT2D eigenvalue weighted by atomic mass is 10.1. The average molecular weight is 329 g/mol. The fourth-order valence-electron chi connectivity index (χ4n) is 2.47. The first-order chi connectivity index (χ1) is 11.7. The van der Waals surface area contributed by atoms with Crippen molar-refractivity contribution in [2.24, 2.45) is 0 Å². The highest BCUT2D eigenvalue weighted by atomic mass is 19.1. The van der Waals surface area contributed by atoms with Crippen LogP contribution in [0.3, 0.4) is 0 Å². The van der Waals surface area contributed by atoms with E-state index >= 15 is 0 Å². The summed E-state index contributed by atoms with van der Waals surface area (Å²) in [7, 11) is 1.64. The van der Waals surface area contributed by atoms with Gasteiger partial charge >= 0.3 is 0 Å². The summed E-state index contributed by atoms with van der Waals surface area (Å²) in [6, 6.07) is 14.4. The number of rotatable bonds is 9. The van der Waals surface area contributed by atoms with Crippen LogP contribution in [0.1, 0.15) is 30.4 Å². The van der Waals surface area contributed by atoms with Crippen molar-refractivity contribution >= 4 is 5.91 Å². The van der Waals surface area contributed by atoms with Crippen LogP contribution in [0.4, 0.5) is 4.39 Å². The highest BCUT2D eigenvalue weighted by Gasteiger charge is 2.02. The van der Waals surface area contributed by atoms with Gasteiger partial charge in [0.2, 0.25) is 5.91 Å². The molecule has 0 radical (unpaired) electrons. The van der Waals surface area contributed by atoms with Crippen LogP contribution >= 0.6 is 0 Å². The van der Waals surface area contributed by atoms with Gasteiger partial charge in [-0.1, -0.05) is 24.3 Å². The van der Waals surface area contributed by atoms with Crippen molar-refractivity contribution in [1.29, 1.82) is 0 Å². The molecule has 2 rings (SSSR count). The predicted octanol–water partition coefficient (Wildman–Crippen LogP) is 3.91. The van der Waals surface area contributed by atoms with E-state index in [4.69, 9.17) is 4.74 Å². The van der Waals surface area contributed by atoms with Gasteiger partial charge in [-0.2, -0.15) is 0 Å². The quantitative estimate of drug-likeness (QED) is 0.709. The van der Waals surface area contributed by atoms with E-state index in [-0.39, 0.29) is 11.7 Å². The van der Waals surface area contributed by atoms with Crippen LogP contribution in [0, 0.1) is 5.82 Å². The lowest BCUT2D eigenvalue weighted by Crippen LogP contribution is -2.24. The normalized spacial score (nSPS) is 10.4. The van der Waals surface area contributed by atoms with Crippen LogP contribution in [-0.2, 0) is 17.6 Å². The lowest BCUT2D eigenvalue weighted by Gasteiger charge is -2.06. The van der Waals surface area contributed by atoms with E-state index in [0.717, 1.165) is 42.6 Å². The Hall–Kier alpha value is -2.36. The maximum absolute atomic E-state index is 12.8. The van der Waals surface area contributed by atoms with Gasteiger partial charge in [-0.25, -0.2) is 4.39 Å². The Labute approximate surface area is 142 Å². The summed E-state index contributed by atoms with van der Waals surface area (Å²) in [6.07, 6.45) is 4.02. The number of benzene rings is 2. The van der Waals surface area contributed by atoms with Gasteiger partial charge in [0.05, 0.1) is 7.11 Å². The van der Waals surface area contributed by atoms with Gasteiger partial charge in [0.15, 0.2) is 0 Å². The van der Waals surface area contributed by atoms with Crippen LogP contribution in [0.15, 0.2) is 48.5 Å². The second kappa shape index (κ2) is 9.71. The van der Waals surface area contributed by atoms with Crippen molar-refractivity contribution < 1.29 is 13.9 Å². The Morgan fingerprint density at radius 3 is 2.25 bits per heavy atom. The number of aryl methyl sites for hydroxylation is 2. The fourth-order valence-corrected chi connectivity index (χ4v) is 2.47. The van der Waals surface area contributed by atoms with Gasteiger partial charge in [-0.05, 0) is 61.1 Å². The molecule has 4 heteroatoms. The summed E-state index contributed by atoms with van der Waals surface area (Å²) in [5.41, 5.74) is 2.25. The number of hydrogen-bond acceptors (Lipinski definition) is 2. The van der Waals surface area contributed by atoms with Crippen LogP contribution in [0.25, 0.3) is 0 Å². The van der Waals surface area contributed by atoms with E-state index < -0.39 is 0 Å². The molecule has 128 valence electrons. The van der Waals surface area contributed by atoms with E-state index in [1.165, 1.54) is 12.1 Å². The van der Waals surface area contributed by atoms with Crippen molar-refractivity contribution in [2.75, 3.05) is 13.7 Å². The van der Waals surface area contributed by atoms with E-state index in [0.29, 0.717) is 13.0 Å². The number of carbonyl (C=O) groups excluding carboxylic acids is 1. The molecular formula is C20H24FNO2. The highest BCUT2D eigenvalue weighted by Crippen LogP contribution is 2.12. The first kappa shape index (κ1) is 18.0. The third-order valence-corrected chi connectivity index (χ3v) is 3.93. The average Bonchev–Trinajstić information content (AvgIpc) is 2.61. The summed E-state index contributed by atoms with van der Waals surface area (Å²) in [6.45, 7) is 0.683. The van der Waals surface area contributed by atoms with Crippen LogP contribution in [0.2, 0.25) is 0 Å². The van der Waals surface area contributed by atoms with Crippen molar-refractivity contribution in [2.45, 2.75) is 32.1 Å². The standard InChI is InChI=1S/C20H24FNO2/c1-24-19-12-7-17(8-13-19)9-14-20(23)22-15-3-2-4-16-5-10-18(21)11-6-16/h5-8,10-13H,2-4,9,14-15H2,1H3,(H,22,23). The Bertz CT molecular complexity index is 623. The molecule has 0 aromatic heterocycles. The number of amides is 1. The molecule has 0 fully saturated rings. The Morgan fingerprint density at radius 1 is 0.958 bits per heavy atom. The molecule has 0 heterocycles. The highest BCUT2D eigenvalue weighted by molar-refractivity contribution is 5.76. The minimum Gasteiger partial charge on any atom is -0.497 e. The predicted molar refractivity (Wildman–Crippen MR) is 93.7 cm³/mol. The molecule has 0 unspecified atom stereocenters.